The van der Waals surface area contributed by atoms with Gasteiger partial charge in [-0.1, -0.05) is 29.3 Å². The molecule has 1 unspecified atom stereocenters. The van der Waals surface area contributed by atoms with Crippen LogP contribution in [0.15, 0.2) is 36.4 Å². The van der Waals surface area contributed by atoms with Crippen LogP contribution in [0.2, 0.25) is 10.0 Å². The van der Waals surface area contributed by atoms with Crippen LogP contribution in [-0.2, 0) is 0 Å². The average Bonchev–Trinajstić information content (AvgIpc) is 2.55. The summed E-state index contributed by atoms with van der Waals surface area (Å²) in [6.45, 7) is 0.0337. The van der Waals surface area contributed by atoms with Crippen LogP contribution >= 0.6 is 23.2 Å². The van der Waals surface area contributed by atoms with Gasteiger partial charge >= 0.3 is 0 Å². The Labute approximate surface area is 143 Å². The summed E-state index contributed by atoms with van der Waals surface area (Å²) in [5.41, 5.74) is 0.427. The van der Waals surface area contributed by atoms with Gasteiger partial charge in [0.25, 0.3) is 0 Å². The molecule has 0 radical (unpaired) electrons. The zero-order chi connectivity index (χ0) is 16.8. The standard InChI is InChI=1S/C16H13Cl2FN2O2/c17-12-2-1-3-15(16(12)18)23-9-11(22)8-21-14-5-4-10(7-20)6-13(14)19/h1-6,11,21-22H,8-9H2. The summed E-state index contributed by atoms with van der Waals surface area (Å²) in [5, 5.41) is 21.9. The van der Waals surface area contributed by atoms with Crippen LogP contribution in [-0.4, -0.2) is 24.4 Å². The molecule has 0 aliphatic rings. The lowest BCUT2D eigenvalue weighted by atomic mass is 10.2. The van der Waals surface area contributed by atoms with Gasteiger partial charge in [-0.05, 0) is 30.3 Å². The van der Waals surface area contributed by atoms with Crippen molar-refractivity contribution in [2.24, 2.45) is 0 Å². The molecule has 0 aliphatic carbocycles. The summed E-state index contributed by atoms with van der Waals surface area (Å²) in [6.07, 6.45) is -0.889. The van der Waals surface area contributed by atoms with E-state index in [-0.39, 0.29) is 29.4 Å². The van der Waals surface area contributed by atoms with Crippen molar-refractivity contribution >= 4 is 28.9 Å². The van der Waals surface area contributed by atoms with Crippen LogP contribution in [0.1, 0.15) is 5.56 Å². The van der Waals surface area contributed by atoms with Crippen molar-refractivity contribution in [2.45, 2.75) is 6.10 Å². The van der Waals surface area contributed by atoms with Crippen LogP contribution in [0.5, 0.6) is 5.75 Å². The van der Waals surface area contributed by atoms with Crippen LogP contribution < -0.4 is 10.1 Å². The number of hydrogen-bond donors (Lipinski definition) is 2. The monoisotopic (exact) mass is 354 g/mol. The molecule has 2 aromatic carbocycles. The molecule has 2 aromatic rings. The van der Waals surface area contributed by atoms with Crippen LogP contribution in [0, 0.1) is 17.1 Å². The summed E-state index contributed by atoms with van der Waals surface area (Å²) in [4.78, 5) is 0. The van der Waals surface area contributed by atoms with Gasteiger partial charge in [0, 0.05) is 6.54 Å². The van der Waals surface area contributed by atoms with E-state index in [1.807, 2.05) is 6.07 Å². The largest absolute Gasteiger partial charge is 0.489 e. The molecule has 0 aliphatic heterocycles. The number of benzene rings is 2. The molecule has 0 amide bonds. The molecule has 0 heterocycles. The maximum Gasteiger partial charge on any atom is 0.147 e. The quantitative estimate of drug-likeness (QED) is 0.826. The SMILES string of the molecule is N#Cc1ccc(NCC(O)COc2cccc(Cl)c2Cl)c(F)c1. The lowest BCUT2D eigenvalue weighted by Gasteiger charge is -2.15. The Bertz CT molecular complexity index is 735. The van der Waals surface area contributed by atoms with Crippen molar-refractivity contribution in [2.75, 3.05) is 18.5 Å². The lowest BCUT2D eigenvalue weighted by Crippen LogP contribution is -2.26. The fraction of sp³-hybridized carbons (Fsp3) is 0.188. The molecule has 23 heavy (non-hydrogen) atoms. The molecule has 0 spiro atoms. The third kappa shape index (κ3) is 4.73. The molecular formula is C16H13Cl2FN2O2. The molecular weight excluding hydrogens is 342 g/mol. The third-order valence-electron chi connectivity index (χ3n) is 2.97. The van der Waals surface area contributed by atoms with Gasteiger partial charge in [0.1, 0.15) is 29.3 Å². The Morgan fingerprint density at radius 3 is 2.78 bits per heavy atom. The first kappa shape index (κ1) is 17.4. The fourth-order valence-corrected chi connectivity index (χ4v) is 2.14. The molecule has 4 nitrogen and oxygen atoms in total. The second kappa shape index (κ2) is 8.02. The first-order valence-electron chi connectivity index (χ1n) is 6.69. The van der Waals surface area contributed by atoms with E-state index in [1.54, 1.807) is 18.2 Å². The van der Waals surface area contributed by atoms with Crippen molar-refractivity contribution in [3.8, 4) is 11.8 Å². The van der Waals surface area contributed by atoms with E-state index in [1.165, 1.54) is 12.1 Å². The van der Waals surface area contributed by atoms with E-state index < -0.39 is 11.9 Å². The highest BCUT2D eigenvalue weighted by molar-refractivity contribution is 6.42. The van der Waals surface area contributed by atoms with E-state index in [4.69, 9.17) is 33.2 Å². The van der Waals surface area contributed by atoms with Crippen LogP contribution in [0.3, 0.4) is 0 Å². The molecule has 0 aromatic heterocycles. The Hall–Kier alpha value is -2.00. The van der Waals surface area contributed by atoms with E-state index in [2.05, 4.69) is 5.32 Å². The second-order valence-electron chi connectivity index (χ2n) is 4.70. The first-order valence-corrected chi connectivity index (χ1v) is 7.45. The van der Waals surface area contributed by atoms with Crippen molar-refractivity contribution in [3.05, 3.63) is 57.8 Å². The molecule has 0 fully saturated rings. The van der Waals surface area contributed by atoms with Gasteiger partial charge in [0.15, 0.2) is 0 Å². The number of nitrogens with zero attached hydrogens (tertiary/aromatic N) is 1. The molecule has 0 saturated carbocycles. The first-order chi connectivity index (χ1) is 11.0. The minimum absolute atomic E-state index is 0.0367. The number of nitriles is 1. The topological polar surface area (TPSA) is 65.3 Å². The van der Waals surface area contributed by atoms with E-state index in [0.717, 1.165) is 6.07 Å². The highest BCUT2D eigenvalue weighted by atomic mass is 35.5. The molecule has 0 saturated heterocycles. The van der Waals surface area contributed by atoms with Crippen LogP contribution in [0.25, 0.3) is 0 Å². The van der Waals surface area contributed by atoms with Gasteiger partial charge in [0.2, 0.25) is 0 Å². The number of anilines is 1. The predicted molar refractivity (Wildman–Crippen MR) is 87.6 cm³/mol. The molecule has 2 rings (SSSR count). The Morgan fingerprint density at radius 1 is 1.30 bits per heavy atom. The van der Waals surface area contributed by atoms with E-state index >= 15 is 0 Å². The summed E-state index contributed by atoms with van der Waals surface area (Å²) in [7, 11) is 0. The predicted octanol–water partition coefficient (Wildman–Crippen LogP) is 3.86. The van der Waals surface area contributed by atoms with Gasteiger partial charge in [0.05, 0.1) is 22.3 Å². The number of nitrogens with one attached hydrogen (secondary N) is 1. The molecule has 120 valence electrons. The number of rotatable bonds is 6. The van der Waals surface area contributed by atoms with Gasteiger partial charge in [-0.15, -0.1) is 0 Å². The molecule has 2 N–H and O–H groups in total. The van der Waals surface area contributed by atoms with Gasteiger partial charge in [-0.2, -0.15) is 5.26 Å². The number of halogens is 3. The average molecular weight is 355 g/mol. The maximum atomic E-state index is 13.7. The van der Waals surface area contributed by atoms with Crippen molar-refractivity contribution in [3.63, 3.8) is 0 Å². The second-order valence-corrected chi connectivity index (χ2v) is 5.49. The molecule has 1 atom stereocenters. The minimum atomic E-state index is -0.889. The fourth-order valence-electron chi connectivity index (χ4n) is 1.80. The highest BCUT2D eigenvalue weighted by Gasteiger charge is 2.10. The van der Waals surface area contributed by atoms with E-state index in [9.17, 15) is 9.50 Å². The van der Waals surface area contributed by atoms with Crippen molar-refractivity contribution in [1.82, 2.24) is 0 Å². The molecule has 7 heteroatoms. The third-order valence-corrected chi connectivity index (χ3v) is 3.78. The number of aliphatic hydroxyl groups is 1. The van der Waals surface area contributed by atoms with Crippen molar-refractivity contribution < 1.29 is 14.2 Å². The minimum Gasteiger partial charge on any atom is -0.489 e. The molecule has 0 bridgehead atoms. The number of ether oxygens (including phenoxy) is 1. The van der Waals surface area contributed by atoms with Gasteiger partial charge in [-0.3, -0.25) is 0 Å². The Morgan fingerprint density at radius 2 is 2.09 bits per heavy atom. The van der Waals surface area contributed by atoms with Crippen LogP contribution in [0.4, 0.5) is 10.1 Å². The Balaban J connectivity index is 1.87. The Kier molecular flexibility index (Phi) is 6.05. The summed E-state index contributed by atoms with van der Waals surface area (Å²) in [6, 6.07) is 10.8. The number of aliphatic hydroxyl groups excluding tert-OH is 1. The maximum absolute atomic E-state index is 13.7. The van der Waals surface area contributed by atoms with Gasteiger partial charge in [-0.25, -0.2) is 4.39 Å². The van der Waals surface area contributed by atoms with Crippen molar-refractivity contribution in [1.29, 1.82) is 5.26 Å². The summed E-state index contributed by atoms with van der Waals surface area (Å²) in [5.74, 6) is -0.196. The summed E-state index contributed by atoms with van der Waals surface area (Å²) < 4.78 is 19.1. The van der Waals surface area contributed by atoms with Gasteiger partial charge < -0.3 is 15.2 Å². The zero-order valence-electron chi connectivity index (χ0n) is 11.9. The normalized spacial score (nSPS) is 11.6. The smallest absolute Gasteiger partial charge is 0.147 e. The highest BCUT2D eigenvalue weighted by Crippen LogP contribution is 2.31. The zero-order valence-corrected chi connectivity index (χ0v) is 13.4. The summed E-state index contributed by atoms with van der Waals surface area (Å²) >= 11 is 11.8. The lowest BCUT2D eigenvalue weighted by molar-refractivity contribution is 0.117. The number of hydrogen-bond acceptors (Lipinski definition) is 4. The van der Waals surface area contributed by atoms with E-state index in [0.29, 0.717) is 10.8 Å².